The molecule has 0 unspecified atom stereocenters. The van der Waals surface area contributed by atoms with Crippen molar-refractivity contribution in [3.63, 3.8) is 0 Å². The molecule has 3 aromatic heterocycles. The first-order chi connectivity index (χ1) is 14.6. The Labute approximate surface area is 174 Å². The molecule has 0 aliphatic heterocycles. The van der Waals surface area contributed by atoms with Crippen molar-refractivity contribution in [2.75, 3.05) is 14.1 Å². The van der Waals surface area contributed by atoms with E-state index in [1.807, 2.05) is 0 Å². The van der Waals surface area contributed by atoms with Crippen LogP contribution in [0.1, 0.15) is 15.4 Å². The van der Waals surface area contributed by atoms with Crippen molar-refractivity contribution < 1.29 is 22.4 Å². The quantitative estimate of drug-likeness (QED) is 0.482. The minimum atomic E-state index is -4.70. The summed E-state index contributed by atoms with van der Waals surface area (Å²) < 4.78 is 53.8. The molecule has 160 valence electrons. The van der Waals surface area contributed by atoms with Crippen LogP contribution in [-0.4, -0.2) is 49.7 Å². The molecule has 0 fully saturated rings. The summed E-state index contributed by atoms with van der Waals surface area (Å²) in [4.78, 5) is 28.6. The molecule has 1 amide bonds. The number of carbonyl (C=O) groups excluding carboxylic acids is 1. The van der Waals surface area contributed by atoms with Crippen molar-refractivity contribution in [3.05, 3.63) is 57.2 Å². The first-order valence-corrected chi connectivity index (χ1v) is 9.41. The Morgan fingerprint density at radius 3 is 2.55 bits per heavy atom. The zero-order valence-electron chi connectivity index (χ0n) is 15.9. The number of amides is 1. The van der Waals surface area contributed by atoms with Crippen molar-refractivity contribution >= 4 is 22.9 Å². The van der Waals surface area contributed by atoms with Crippen molar-refractivity contribution in [1.82, 2.24) is 29.7 Å². The molecular weight excluding hydrogens is 440 g/mol. The number of halogens is 4. The molecule has 1 aromatic carbocycles. The van der Waals surface area contributed by atoms with Gasteiger partial charge in [0.2, 0.25) is 5.01 Å². The van der Waals surface area contributed by atoms with Crippen molar-refractivity contribution in [2.24, 2.45) is 0 Å². The van der Waals surface area contributed by atoms with E-state index >= 15 is 0 Å². The molecule has 0 atom stereocenters. The minimum absolute atomic E-state index is 0.0421. The summed E-state index contributed by atoms with van der Waals surface area (Å²) in [5, 5.41) is 12.1. The summed E-state index contributed by atoms with van der Waals surface area (Å²) in [5.41, 5.74) is -1.60. The van der Waals surface area contributed by atoms with Gasteiger partial charge >= 0.3 is 6.18 Å². The minimum Gasteiger partial charge on any atom is -0.343 e. The molecule has 1 N–H and O–H groups in total. The lowest BCUT2D eigenvalue weighted by atomic mass is 10.1. The number of aromatic amines is 1. The van der Waals surface area contributed by atoms with E-state index in [0.717, 1.165) is 34.1 Å². The molecule has 31 heavy (non-hydrogen) atoms. The Kier molecular flexibility index (Phi) is 4.84. The molecule has 4 rings (SSSR count). The van der Waals surface area contributed by atoms with Crippen LogP contribution in [0.5, 0.6) is 0 Å². The summed E-state index contributed by atoms with van der Waals surface area (Å²) in [5.74, 6) is -1.51. The maximum Gasteiger partial charge on any atom is 0.416 e. The summed E-state index contributed by atoms with van der Waals surface area (Å²) >= 11 is 0.969. The van der Waals surface area contributed by atoms with Crippen molar-refractivity contribution in [3.8, 4) is 21.8 Å². The molecular formula is C18H12F4N6O2S. The number of nitrogens with zero attached hydrogens (tertiary/aromatic N) is 5. The molecule has 13 heteroatoms. The fourth-order valence-corrected chi connectivity index (χ4v) is 3.68. The van der Waals surface area contributed by atoms with Gasteiger partial charge in [-0.3, -0.25) is 9.59 Å². The van der Waals surface area contributed by atoms with Crippen LogP contribution >= 0.6 is 11.3 Å². The van der Waals surface area contributed by atoms with Gasteiger partial charge in [-0.05, 0) is 18.2 Å². The maximum absolute atomic E-state index is 14.4. The Morgan fingerprint density at radius 1 is 1.16 bits per heavy atom. The van der Waals surface area contributed by atoms with Crippen LogP contribution in [0.3, 0.4) is 0 Å². The number of alkyl halides is 3. The van der Waals surface area contributed by atoms with Gasteiger partial charge in [-0.2, -0.15) is 22.8 Å². The van der Waals surface area contributed by atoms with Crippen LogP contribution in [0.4, 0.5) is 17.6 Å². The number of benzene rings is 1. The number of nitrogens with one attached hydrogen (secondary N) is 1. The van der Waals surface area contributed by atoms with Gasteiger partial charge in [0.1, 0.15) is 11.5 Å². The molecule has 0 radical (unpaired) electrons. The fraction of sp³-hybridized carbons (Fsp3) is 0.167. The third kappa shape index (κ3) is 3.67. The molecule has 0 aliphatic rings. The number of fused-ring (bicyclic) bond motifs is 1. The topological polar surface area (TPSA) is 96.2 Å². The Bertz CT molecular complexity index is 1370. The lowest BCUT2D eigenvalue weighted by Gasteiger charge is -2.09. The summed E-state index contributed by atoms with van der Waals surface area (Å²) in [7, 11) is 3.11. The van der Waals surface area contributed by atoms with E-state index in [2.05, 4.69) is 20.3 Å². The standard InChI is InChI=1S/C18H12F4N6O2S/c1-27(2)17(30)16-26-25-15(31-16)10-7-23-28-13(29)6-12(24-14(10)28)9-4-3-8(5-11(9)19)18(20,21)22/h3-7,24H,1-2H3. The number of aromatic nitrogens is 5. The zero-order chi connectivity index (χ0) is 22.5. The van der Waals surface area contributed by atoms with Crippen LogP contribution < -0.4 is 5.56 Å². The molecule has 8 nitrogen and oxygen atoms in total. The second-order valence-corrected chi connectivity index (χ2v) is 7.62. The summed E-state index contributed by atoms with van der Waals surface area (Å²) in [6.45, 7) is 0. The van der Waals surface area contributed by atoms with Gasteiger partial charge in [-0.25, -0.2) is 4.39 Å². The predicted octanol–water partition coefficient (Wildman–Crippen LogP) is 3.07. The highest BCUT2D eigenvalue weighted by Gasteiger charge is 2.31. The average Bonchev–Trinajstić information content (AvgIpc) is 3.33. The number of hydrogen-bond acceptors (Lipinski definition) is 6. The highest BCUT2D eigenvalue weighted by atomic mass is 32.1. The third-order valence-corrected chi connectivity index (χ3v) is 5.27. The molecule has 0 saturated heterocycles. The van der Waals surface area contributed by atoms with Crippen molar-refractivity contribution in [2.45, 2.75) is 6.18 Å². The number of carbonyl (C=O) groups is 1. The van der Waals surface area contributed by atoms with E-state index in [0.29, 0.717) is 11.6 Å². The van der Waals surface area contributed by atoms with Crippen LogP contribution in [0.15, 0.2) is 35.3 Å². The zero-order valence-corrected chi connectivity index (χ0v) is 16.7. The lowest BCUT2D eigenvalue weighted by molar-refractivity contribution is -0.137. The van der Waals surface area contributed by atoms with E-state index in [4.69, 9.17) is 0 Å². The molecule has 4 aromatic rings. The normalized spacial score (nSPS) is 11.8. The van der Waals surface area contributed by atoms with Gasteiger partial charge in [-0.15, -0.1) is 10.2 Å². The molecule has 0 spiro atoms. The Hall–Kier alpha value is -3.61. The first-order valence-electron chi connectivity index (χ1n) is 8.60. The van der Waals surface area contributed by atoms with Crippen LogP contribution in [-0.2, 0) is 6.18 Å². The Balaban J connectivity index is 1.83. The largest absolute Gasteiger partial charge is 0.416 e. The van der Waals surface area contributed by atoms with E-state index in [-0.39, 0.29) is 32.8 Å². The molecule has 0 saturated carbocycles. The number of H-pyrrole nitrogens is 1. The van der Waals surface area contributed by atoms with E-state index in [9.17, 15) is 27.2 Å². The number of hydrogen-bond donors (Lipinski definition) is 1. The lowest BCUT2D eigenvalue weighted by Crippen LogP contribution is -2.21. The van der Waals surface area contributed by atoms with Gasteiger partial charge in [0.05, 0.1) is 23.0 Å². The van der Waals surface area contributed by atoms with E-state index in [1.165, 1.54) is 11.1 Å². The Morgan fingerprint density at radius 2 is 1.90 bits per heavy atom. The van der Waals surface area contributed by atoms with Gasteiger partial charge in [0.25, 0.3) is 11.5 Å². The highest BCUT2D eigenvalue weighted by Crippen LogP contribution is 2.33. The van der Waals surface area contributed by atoms with Gasteiger partial charge < -0.3 is 9.88 Å². The second-order valence-electron chi connectivity index (χ2n) is 6.64. The van der Waals surface area contributed by atoms with Gasteiger partial charge in [0, 0.05) is 25.7 Å². The highest BCUT2D eigenvalue weighted by molar-refractivity contribution is 7.16. The predicted molar refractivity (Wildman–Crippen MR) is 103 cm³/mol. The van der Waals surface area contributed by atoms with Crippen molar-refractivity contribution in [1.29, 1.82) is 0 Å². The first kappa shape index (κ1) is 20.7. The monoisotopic (exact) mass is 452 g/mol. The van der Waals surface area contributed by atoms with Gasteiger partial charge in [-0.1, -0.05) is 11.3 Å². The van der Waals surface area contributed by atoms with Crippen LogP contribution in [0.25, 0.3) is 27.5 Å². The summed E-state index contributed by atoms with van der Waals surface area (Å²) in [6, 6.07) is 3.05. The fourth-order valence-electron chi connectivity index (χ4n) is 2.81. The molecule has 0 bridgehead atoms. The maximum atomic E-state index is 14.4. The van der Waals surface area contributed by atoms with Crippen LogP contribution in [0, 0.1) is 5.82 Å². The van der Waals surface area contributed by atoms with Gasteiger partial charge in [0.15, 0.2) is 5.01 Å². The number of rotatable bonds is 3. The molecule has 3 heterocycles. The van der Waals surface area contributed by atoms with E-state index < -0.39 is 23.1 Å². The third-order valence-electron chi connectivity index (χ3n) is 4.33. The molecule has 0 aliphatic carbocycles. The average molecular weight is 452 g/mol. The summed E-state index contributed by atoms with van der Waals surface area (Å²) in [6.07, 6.45) is -3.38. The van der Waals surface area contributed by atoms with E-state index in [1.54, 1.807) is 14.1 Å². The smallest absolute Gasteiger partial charge is 0.343 e. The van der Waals surface area contributed by atoms with Crippen LogP contribution in [0.2, 0.25) is 0 Å². The SMILES string of the molecule is CN(C)C(=O)c1nnc(-c2cnn3c(=O)cc(-c4ccc(C(F)(F)F)cc4F)[nH]c23)s1. The second kappa shape index (κ2) is 7.27.